The van der Waals surface area contributed by atoms with Gasteiger partial charge in [-0.05, 0) is 61.1 Å². The number of Topliss-reactive ketones (excluding diaryl/α,β-unsaturated/α-hetero) is 2. The minimum Gasteiger partial charge on any atom is -0.457 e. The highest BCUT2D eigenvalue weighted by molar-refractivity contribution is 6.31. The lowest BCUT2D eigenvalue weighted by Crippen LogP contribution is -2.35. The van der Waals surface area contributed by atoms with Gasteiger partial charge in [-0.1, -0.05) is 24.6 Å². The van der Waals surface area contributed by atoms with Crippen LogP contribution in [0.5, 0.6) is 11.5 Å². The van der Waals surface area contributed by atoms with Crippen molar-refractivity contribution in [3.8, 4) is 11.5 Å². The molecule has 0 spiro atoms. The van der Waals surface area contributed by atoms with E-state index >= 15 is 0 Å². The molecule has 0 radical (unpaired) electrons. The summed E-state index contributed by atoms with van der Waals surface area (Å²) in [5.41, 5.74) is 0.591. The minimum absolute atomic E-state index is 0.0295. The highest BCUT2D eigenvalue weighted by Crippen LogP contribution is 2.45. The fourth-order valence-electron chi connectivity index (χ4n) is 4.57. The van der Waals surface area contributed by atoms with Gasteiger partial charge in [0.1, 0.15) is 17.4 Å². The molecule has 2 bridgehead atoms. The maximum Gasteiger partial charge on any atom is 0.417 e. The number of ether oxygens (including phenoxy) is 1. The van der Waals surface area contributed by atoms with Crippen LogP contribution in [0, 0.1) is 11.8 Å². The first-order chi connectivity index (χ1) is 14.2. The SMILES string of the molecule is CCc1ccc(Oc2ccc(C(F)(F)F)c(Cl)c2)cc1C1C(=O)[C@@H]2CC[C@@H](C2)C1=O. The van der Waals surface area contributed by atoms with Crippen LogP contribution in [0.4, 0.5) is 13.2 Å². The summed E-state index contributed by atoms with van der Waals surface area (Å²) in [6.45, 7) is 1.95. The molecule has 2 aromatic rings. The van der Waals surface area contributed by atoms with Crippen LogP contribution in [-0.2, 0) is 22.2 Å². The standard InChI is InChI=1S/C23H20ClF3O3/c1-2-12-5-6-15(30-16-7-8-18(19(24)11-16)23(25,26)27)10-17(12)20-21(28)13-3-4-14(9-13)22(20)29/h5-8,10-11,13-14,20H,2-4,9H2,1H3/t13-,14+,20?. The van der Waals surface area contributed by atoms with Gasteiger partial charge in [0, 0.05) is 17.9 Å². The molecule has 0 heterocycles. The molecule has 0 aliphatic heterocycles. The summed E-state index contributed by atoms with van der Waals surface area (Å²) in [6, 6.07) is 8.31. The molecule has 2 aliphatic rings. The van der Waals surface area contributed by atoms with Crippen molar-refractivity contribution < 1.29 is 27.5 Å². The van der Waals surface area contributed by atoms with E-state index in [2.05, 4.69) is 0 Å². The fourth-order valence-corrected chi connectivity index (χ4v) is 4.85. The van der Waals surface area contributed by atoms with Gasteiger partial charge in [-0.3, -0.25) is 9.59 Å². The summed E-state index contributed by atoms with van der Waals surface area (Å²) in [5, 5.41) is -0.459. The highest BCUT2D eigenvalue weighted by Gasteiger charge is 2.47. The van der Waals surface area contributed by atoms with Crippen LogP contribution in [0.25, 0.3) is 0 Å². The molecule has 0 saturated heterocycles. The van der Waals surface area contributed by atoms with Crippen molar-refractivity contribution in [2.24, 2.45) is 11.8 Å². The molecule has 2 aromatic carbocycles. The van der Waals surface area contributed by atoms with Gasteiger partial charge in [-0.2, -0.15) is 13.2 Å². The van der Waals surface area contributed by atoms with Gasteiger partial charge in [0.15, 0.2) is 11.6 Å². The molecule has 2 fully saturated rings. The maximum atomic E-state index is 12.9. The van der Waals surface area contributed by atoms with Crippen LogP contribution in [0.2, 0.25) is 5.02 Å². The van der Waals surface area contributed by atoms with Crippen molar-refractivity contribution in [1.82, 2.24) is 0 Å². The van der Waals surface area contributed by atoms with Crippen LogP contribution in [0.3, 0.4) is 0 Å². The molecule has 0 amide bonds. The van der Waals surface area contributed by atoms with E-state index in [1.54, 1.807) is 18.2 Å². The zero-order valence-electron chi connectivity index (χ0n) is 16.3. The van der Waals surface area contributed by atoms with Crippen molar-refractivity contribution in [2.75, 3.05) is 0 Å². The average molecular weight is 437 g/mol. The summed E-state index contributed by atoms with van der Waals surface area (Å²) in [6.07, 6.45) is -1.74. The molecule has 3 atom stereocenters. The number of carbonyl (C=O) groups is 2. The number of rotatable bonds is 4. The Morgan fingerprint density at radius 3 is 2.17 bits per heavy atom. The van der Waals surface area contributed by atoms with E-state index in [0.29, 0.717) is 24.2 Å². The van der Waals surface area contributed by atoms with E-state index in [1.807, 2.05) is 6.92 Å². The monoisotopic (exact) mass is 436 g/mol. The second-order valence-corrected chi connectivity index (χ2v) is 8.31. The Hall–Kier alpha value is -2.34. The fraction of sp³-hybridized carbons (Fsp3) is 0.391. The third kappa shape index (κ3) is 3.73. The highest BCUT2D eigenvalue weighted by atomic mass is 35.5. The van der Waals surface area contributed by atoms with Gasteiger partial charge >= 0.3 is 6.18 Å². The maximum absolute atomic E-state index is 12.9. The summed E-state index contributed by atoms with van der Waals surface area (Å²) in [7, 11) is 0. The molecule has 7 heteroatoms. The van der Waals surface area contributed by atoms with Crippen molar-refractivity contribution in [3.63, 3.8) is 0 Å². The molecule has 2 aliphatic carbocycles. The second kappa shape index (κ2) is 7.73. The van der Waals surface area contributed by atoms with Crippen LogP contribution in [-0.4, -0.2) is 11.6 Å². The normalized spacial score (nSPS) is 23.7. The Kier molecular flexibility index (Phi) is 5.39. The molecular weight excluding hydrogens is 417 g/mol. The van der Waals surface area contributed by atoms with E-state index in [9.17, 15) is 22.8 Å². The third-order valence-corrected chi connectivity index (χ3v) is 6.41. The Morgan fingerprint density at radius 1 is 1.00 bits per heavy atom. The Bertz CT molecular complexity index is 993. The van der Waals surface area contributed by atoms with Gasteiger partial charge in [0.05, 0.1) is 10.6 Å². The van der Waals surface area contributed by atoms with Gasteiger partial charge in [0.2, 0.25) is 0 Å². The first kappa shape index (κ1) is 20.9. The molecule has 30 heavy (non-hydrogen) atoms. The predicted molar refractivity (Wildman–Crippen MR) is 106 cm³/mol. The second-order valence-electron chi connectivity index (χ2n) is 7.90. The van der Waals surface area contributed by atoms with Crippen molar-refractivity contribution in [1.29, 1.82) is 0 Å². The lowest BCUT2D eigenvalue weighted by atomic mass is 9.74. The topological polar surface area (TPSA) is 43.4 Å². The molecule has 3 nitrogen and oxygen atoms in total. The number of benzene rings is 2. The summed E-state index contributed by atoms with van der Waals surface area (Å²) < 4.78 is 44.4. The van der Waals surface area contributed by atoms with E-state index in [-0.39, 0.29) is 29.2 Å². The van der Waals surface area contributed by atoms with Gasteiger partial charge < -0.3 is 4.74 Å². The van der Waals surface area contributed by atoms with Crippen LogP contribution < -0.4 is 4.74 Å². The van der Waals surface area contributed by atoms with Crippen molar-refractivity contribution in [2.45, 2.75) is 44.7 Å². The number of hydrogen-bond acceptors (Lipinski definition) is 3. The number of halogens is 4. The number of alkyl halides is 3. The number of fused-ring (bicyclic) bond motifs is 2. The molecule has 2 saturated carbocycles. The third-order valence-electron chi connectivity index (χ3n) is 6.10. The molecule has 0 N–H and O–H groups in total. The number of ketones is 2. The summed E-state index contributed by atoms with van der Waals surface area (Å²) >= 11 is 5.77. The van der Waals surface area contributed by atoms with Gasteiger partial charge in [-0.25, -0.2) is 0 Å². The largest absolute Gasteiger partial charge is 0.457 e. The molecule has 0 aromatic heterocycles. The zero-order chi connectivity index (χ0) is 21.6. The summed E-state index contributed by atoms with van der Waals surface area (Å²) in [5.74, 6) is -0.496. The first-order valence-corrected chi connectivity index (χ1v) is 10.3. The molecule has 4 rings (SSSR count). The van der Waals surface area contributed by atoms with Crippen molar-refractivity contribution >= 4 is 23.2 Å². The van der Waals surface area contributed by atoms with Gasteiger partial charge in [-0.15, -0.1) is 0 Å². The van der Waals surface area contributed by atoms with Crippen LogP contribution >= 0.6 is 11.6 Å². The Labute approximate surface area is 177 Å². The van der Waals surface area contributed by atoms with E-state index in [0.717, 1.165) is 30.5 Å². The lowest BCUT2D eigenvalue weighted by molar-refractivity contribution is -0.138. The molecule has 1 unspecified atom stereocenters. The Balaban J connectivity index is 1.66. The minimum atomic E-state index is -4.55. The van der Waals surface area contributed by atoms with E-state index in [1.165, 1.54) is 6.07 Å². The van der Waals surface area contributed by atoms with Crippen LogP contribution in [0.15, 0.2) is 36.4 Å². The zero-order valence-corrected chi connectivity index (χ0v) is 17.0. The smallest absolute Gasteiger partial charge is 0.417 e. The Morgan fingerprint density at radius 2 is 1.60 bits per heavy atom. The van der Waals surface area contributed by atoms with Crippen LogP contribution in [0.1, 0.15) is 48.8 Å². The van der Waals surface area contributed by atoms with Crippen molar-refractivity contribution in [3.05, 3.63) is 58.1 Å². The average Bonchev–Trinajstić information content (AvgIpc) is 3.13. The van der Waals surface area contributed by atoms with E-state index in [4.69, 9.17) is 16.3 Å². The van der Waals surface area contributed by atoms with Gasteiger partial charge in [0.25, 0.3) is 0 Å². The number of carbonyl (C=O) groups excluding carboxylic acids is 2. The lowest BCUT2D eigenvalue weighted by Gasteiger charge is -2.27. The predicted octanol–water partition coefficient (Wildman–Crippen LogP) is 6.37. The quantitative estimate of drug-likeness (QED) is 0.523. The summed E-state index contributed by atoms with van der Waals surface area (Å²) in [4.78, 5) is 25.8. The molecule has 158 valence electrons. The first-order valence-electron chi connectivity index (χ1n) is 9.94. The molecular formula is C23H20ClF3O3. The number of aryl methyl sites for hydroxylation is 1. The van der Waals surface area contributed by atoms with E-state index < -0.39 is 22.7 Å². The number of hydrogen-bond donors (Lipinski definition) is 0.